The highest BCUT2D eigenvalue weighted by Gasteiger charge is 2.08. The topological polar surface area (TPSA) is 55.4 Å². The van der Waals surface area contributed by atoms with Crippen LogP contribution in [0.25, 0.3) is 0 Å². The molecule has 0 atom stereocenters. The zero-order valence-electron chi connectivity index (χ0n) is 10.3. The molecule has 1 N–H and O–H groups in total. The number of rotatable bonds is 7. The zero-order valence-corrected chi connectivity index (χ0v) is 11.1. The summed E-state index contributed by atoms with van der Waals surface area (Å²) in [6.07, 6.45) is 1.56. The smallest absolute Gasteiger partial charge is 0.211 e. The van der Waals surface area contributed by atoms with Gasteiger partial charge in [0.25, 0.3) is 0 Å². The van der Waals surface area contributed by atoms with Gasteiger partial charge < -0.3 is 4.74 Å². The lowest BCUT2D eigenvalue weighted by atomic mass is 10.2. The van der Waals surface area contributed by atoms with Crippen LogP contribution in [0.4, 0.5) is 0 Å². The van der Waals surface area contributed by atoms with Gasteiger partial charge in [0.2, 0.25) is 10.0 Å². The van der Waals surface area contributed by atoms with Crippen LogP contribution >= 0.6 is 0 Å². The van der Waals surface area contributed by atoms with Crippen molar-refractivity contribution in [2.24, 2.45) is 0 Å². The van der Waals surface area contributed by atoms with Crippen LogP contribution in [0.1, 0.15) is 25.3 Å². The first-order valence-electron chi connectivity index (χ1n) is 5.67. The molecule has 1 aromatic rings. The van der Waals surface area contributed by atoms with Crippen molar-refractivity contribution < 1.29 is 13.2 Å². The van der Waals surface area contributed by atoms with Crippen LogP contribution < -0.4 is 9.46 Å². The molecule has 0 bridgehead atoms. The summed E-state index contributed by atoms with van der Waals surface area (Å²) in [5.74, 6) is 0.920. The van der Waals surface area contributed by atoms with E-state index in [0.717, 1.165) is 17.7 Å². The van der Waals surface area contributed by atoms with E-state index in [1.54, 1.807) is 7.11 Å². The second kappa shape index (κ2) is 6.61. The first-order chi connectivity index (χ1) is 8.07. The highest BCUT2D eigenvalue weighted by molar-refractivity contribution is 7.89. The zero-order chi connectivity index (χ0) is 12.7. The van der Waals surface area contributed by atoms with Gasteiger partial charge in [0.1, 0.15) is 5.75 Å². The molecular weight excluding hydrogens is 238 g/mol. The van der Waals surface area contributed by atoms with E-state index in [4.69, 9.17) is 4.74 Å². The van der Waals surface area contributed by atoms with E-state index in [2.05, 4.69) is 4.72 Å². The molecule has 0 aliphatic carbocycles. The van der Waals surface area contributed by atoms with Gasteiger partial charge in [0.15, 0.2) is 0 Å². The van der Waals surface area contributed by atoms with Gasteiger partial charge in [-0.05, 0) is 24.1 Å². The van der Waals surface area contributed by atoms with E-state index in [0.29, 0.717) is 13.0 Å². The van der Waals surface area contributed by atoms with Crippen molar-refractivity contribution in [1.82, 2.24) is 4.72 Å². The number of hydrogen-bond donors (Lipinski definition) is 1. The molecule has 0 aliphatic heterocycles. The summed E-state index contributed by atoms with van der Waals surface area (Å²) in [6, 6.07) is 7.36. The number of nitrogens with one attached hydrogen (secondary N) is 1. The third kappa shape index (κ3) is 5.19. The highest BCUT2D eigenvalue weighted by Crippen LogP contribution is 2.12. The number of sulfonamides is 1. The predicted molar refractivity (Wildman–Crippen MR) is 68.5 cm³/mol. The van der Waals surface area contributed by atoms with E-state index >= 15 is 0 Å². The van der Waals surface area contributed by atoms with E-state index in [9.17, 15) is 8.42 Å². The van der Waals surface area contributed by atoms with E-state index in [-0.39, 0.29) is 5.75 Å². The second-order valence-electron chi connectivity index (χ2n) is 3.85. The Labute approximate surface area is 103 Å². The molecule has 0 aliphatic rings. The fourth-order valence-corrected chi connectivity index (χ4v) is 2.58. The Morgan fingerprint density at radius 2 is 2.12 bits per heavy atom. The summed E-state index contributed by atoms with van der Waals surface area (Å²) in [5, 5.41) is 0. The van der Waals surface area contributed by atoms with Crippen molar-refractivity contribution >= 4 is 10.0 Å². The van der Waals surface area contributed by atoms with Gasteiger partial charge >= 0.3 is 0 Å². The predicted octanol–water partition coefficient (Wildman–Crippen LogP) is 1.91. The van der Waals surface area contributed by atoms with Gasteiger partial charge in [0, 0.05) is 6.54 Å². The molecule has 96 valence electrons. The molecule has 0 unspecified atom stereocenters. The molecule has 0 heterocycles. The Kier molecular flexibility index (Phi) is 5.44. The van der Waals surface area contributed by atoms with Crippen LogP contribution in [0, 0.1) is 0 Å². The quantitative estimate of drug-likeness (QED) is 0.812. The molecule has 17 heavy (non-hydrogen) atoms. The maximum Gasteiger partial charge on any atom is 0.211 e. The maximum atomic E-state index is 11.6. The lowest BCUT2D eigenvalue weighted by Gasteiger charge is -2.07. The minimum absolute atomic E-state index is 0.188. The van der Waals surface area contributed by atoms with Crippen molar-refractivity contribution in [2.45, 2.75) is 26.3 Å². The average molecular weight is 257 g/mol. The molecular formula is C12H19NO3S. The van der Waals surface area contributed by atoms with Crippen molar-refractivity contribution in [3.8, 4) is 5.75 Å². The Bertz CT molecular complexity index is 443. The number of benzene rings is 1. The summed E-state index contributed by atoms with van der Waals surface area (Å²) < 4.78 is 30.8. The number of ether oxygens (including phenoxy) is 1. The molecule has 0 aromatic heterocycles. The monoisotopic (exact) mass is 257 g/mol. The van der Waals surface area contributed by atoms with Gasteiger partial charge in [-0.3, -0.25) is 0 Å². The first-order valence-corrected chi connectivity index (χ1v) is 7.33. The molecule has 5 heteroatoms. The SMILES string of the molecule is CCCCS(=O)(=O)NCc1cccc(OC)c1. The molecule has 4 nitrogen and oxygen atoms in total. The fraction of sp³-hybridized carbons (Fsp3) is 0.500. The second-order valence-corrected chi connectivity index (χ2v) is 5.77. The fourth-order valence-electron chi connectivity index (χ4n) is 1.38. The van der Waals surface area contributed by atoms with Gasteiger partial charge in [-0.25, -0.2) is 13.1 Å². The number of methoxy groups -OCH3 is 1. The standard InChI is InChI=1S/C12H19NO3S/c1-3-4-8-17(14,15)13-10-11-6-5-7-12(9-11)16-2/h5-7,9,13H,3-4,8,10H2,1-2H3. The summed E-state index contributed by atoms with van der Waals surface area (Å²) in [7, 11) is -1.56. The van der Waals surface area contributed by atoms with Crippen LogP contribution in [0.3, 0.4) is 0 Å². The minimum atomic E-state index is -3.15. The summed E-state index contributed by atoms with van der Waals surface area (Å²) >= 11 is 0. The lowest BCUT2D eigenvalue weighted by molar-refractivity contribution is 0.414. The highest BCUT2D eigenvalue weighted by atomic mass is 32.2. The van der Waals surface area contributed by atoms with Crippen LogP contribution in [0.15, 0.2) is 24.3 Å². The summed E-state index contributed by atoms with van der Waals surface area (Å²) in [5.41, 5.74) is 0.893. The van der Waals surface area contributed by atoms with Gasteiger partial charge in [-0.15, -0.1) is 0 Å². The van der Waals surface area contributed by atoms with Crippen molar-refractivity contribution in [3.05, 3.63) is 29.8 Å². The van der Waals surface area contributed by atoms with Crippen LogP contribution in [-0.2, 0) is 16.6 Å². The van der Waals surface area contributed by atoms with Crippen molar-refractivity contribution in [3.63, 3.8) is 0 Å². The Hall–Kier alpha value is -1.07. The molecule has 1 rings (SSSR count). The third-order valence-corrected chi connectivity index (χ3v) is 3.81. The summed E-state index contributed by atoms with van der Waals surface area (Å²) in [4.78, 5) is 0. The van der Waals surface area contributed by atoms with E-state index in [1.165, 1.54) is 0 Å². The van der Waals surface area contributed by atoms with Gasteiger partial charge in [-0.2, -0.15) is 0 Å². The van der Waals surface area contributed by atoms with E-state index in [1.807, 2.05) is 31.2 Å². The van der Waals surface area contributed by atoms with Crippen LogP contribution in [-0.4, -0.2) is 21.3 Å². The number of hydrogen-bond acceptors (Lipinski definition) is 3. The Morgan fingerprint density at radius 1 is 1.35 bits per heavy atom. The molecule has 1 aromatic carbocycles. The molecule has 0 spiro atoms. The normalized spacial score (nSPS) is 11.4. The van der Waals surface area contributed by atoms with Gasteiger partial charge in [0.05, 0.1) is 12.9 Å². The average Bonchev–Trinajstić information content (AvgIpc) is 2.34. The molecule has 0 amide bonds. The van der Waals surface area contributed by atoms with Crippen LogP contribution in [0.5, 0.6) is 5.75 Å². The van der Waals surface area contributed by atoms with Crippen molar-refractivity contribution in [2.75, 3.05) is 12.9 Å². The Balaban J connectivity index is 2.54. The van der Waals surface area contributed by atoms with E-state index < -0.39 is 10.0 Å². The molecule has 0 radical (unpaired) electrons. The maximum absolute atomic E-state index is 11.6. The molecule has 0 fully saturated rings. The number of unbranched alkanes of at least 4 members (excludes halogenated alkanes) is 1. The lowest BCUT2D eigenvalue weighted by Crippen LogP contribution is -2.25. The largest absolute Gasteiger partial charge is 0.497 e. The van der Waals surface area contributed by atoms with Crippen molar-refractivity contribution in [1.29, 1.82) is 0 Å². The molecule has 0 saturated heterocycles. The Morgan fingerprint density at radius 3 is 2.76 bits per heavy atom. The minimum Gasteiger partial charge on any atom is -0.497 e. The molecule has 0 saturated carbocycles. The van der Waals surface area contributed by atoms with Gasteiger partial charge in [-0.1, -0.05) is 25.5 Å². The third-order valence-electron chi connectivity index (χ3n) is 2.40. The van der Waals surface area contributed by atoms with Crippen LogP contribution in [0.2, 0.25) is 0 Å². The summed E-state index contributed by atoms with van der Waals surface area (Å²) in [6.45, 7) is 2.28. The first kappa shape index (κ1) is 14.0.